The Hall–Kier alpha value is -2.14. The number of benzene rings is 1. The normalized spacial score (nSPS) is 18.4. The van der Waals surface area contributed by atoms with Gasteiger partial charge in [0.15, 0.2) is 5.11 Å². The second-order valence-electron chi connectivity index (χ2n) is 4.61. The Morgan fingerprint density at radius 3 is 2.76 bits per heavy atom. The van der Waals surface area contributed by atoms with Crippen LogP contribution in [-0.2, 0) is 9.53 Å². The third-order valence-electron chi connectivity index (χ3n) is 3.08. The molecule has 1 heterocycles. The molecule has 0 saturated heterocycles. The van der Waals surface area contributed by atoms with E-state index in [2.05, 4.69) is 10.6 Å². The van der Waals surface area contributed by atoms with E-state index in [1.165, 1.54) is 0 Å². The summed E-state index contributed by atoms with van der Waals surface area (Å²) in [4.78, 5) is 12.1. The van der Waals surface area contributed by atoms with E-state index in [0.29, 0.717) is 17.3 Å². The Morgan fingerprint density at radius 1 is 1.38 bits per heavy atom. The molecule has 1 aliphatic heterocycles. The molecule has 0 fully saturated rings. The zero-order valence-electron chi connectivity index (χ0n) is 12.1. The molecule has 21 heavy (non-hydrogen) atoms. The molecular formula is C16H18N2O2S. The van der Waals surface area contributed by atoms with Crippen LogP contribution in [-0.4, -0.2) is 23.7 Å². The molecule has 110 valence electrons. The van der Waals surface area contributed by atoms with Crippen LogP contribution in [0.2, 0.25) is 0 Å². The summed E-state index contributed by atoms with van der Waals surface area (Å²) in [5, 5.41) is 6.55. The molecular weight excluding hydrogens is 284 g/mol. The standard InChI is InChI=1S/C16H18N2O2S/c1-3-20-15(19)14-11(2)17-16(21)18-13(14)10-9-12-7-5-4-6-8-12/h4-10,13H,3H2,1-2H3,(H2,17,18,21)/b10-9-/t13-/m1/s1. The smallest absolute Gasteiger partial charge is 0.338 e. The molecule has 0 spiro atoms. The largest absolute Gasteiger partial charge is 0.463 e. The summed E-state index contributed by atoms with van der Waals surface area (Å²) in [7, 11) is 0. The minimum absolute atomic E-state index is 0.294. The van der Waals surface area contributed by atoms with Crippen molar-refractivity contribution in [2.75, 3.05) is 6.61 Å². The van der Waals surface area contributed by atoms with Crippen molar-refractivity contribution >= 4 is 29.4 Å². The molecule has 2 rings (SSSR count). The van der Waals surface area contributed by atoms with Crippen LogP contribution in [0.5, 0.6) is 0 Å². The molecule has 0 amide bonds. The SMILES string of the molecule is CCOC(=O)C1=C(C)NC(=S)N[C@@H]1/C=C\c1ccccc1. The van der Waals surface area contributed by atoms with Gasteiger partial charge in [0, 0.05) is 5.70 Å². The first kappa shape index (κ1) is 15.3. The summed E-state index contributed by atoms with van der Waals surface area (Å²) < 4.78 is 5.12. The van der Waals surface area contributed by atoms with Crippen LogP contribution < -0.4 is 10.6 Å². The predicted octanol–water partition coefficient (Wildman–Crippen LogP) is 2.38. The molecule has 0 radical (unpaired) electrons. The van der Waals surface area contributed by atoms with Crippen molar-refractivity contribution in [1.82, 2.24) is 10.6 Å². The van der Waals surface area contributed by atoms with Crippen LogP contribution in [0.25, 0.3) is 6.08 Å². The van der Waals surface area contributed by atoms with Crippen molar-refractivity contribution in [2.45, 2.75) is 19.9 Å². The molecule has 5 heteroatoms. The number of carbonyl (C=O) groups excluding carboxylic acids is 1. The maximum atomic E-state index is 12.1. The van der Waals surface area contributed by atoms with Crippen molar-refractivity contribution in [3.05, 3.63) is 53.2 Å². The molecule has 1 aromatic carbocycles. The first-order chi connectivity index (χ1) is 10.1. The first-order valence-electron chi connectivity index (χ1n) is 6.80. The van der Waals surface area contributed by atoms with Crippen LogP contribution in [0.1, 0.15) is 19.4 Å². The average molecular weight is 302 g/mol. The minimum Gasteiger partial charge on any atom is -0.463 e. The van der Waals surface area contributed by atoms with Crippen LogP contribution in [0.4, 0.5) is 0 Å². The molecule has 1 atom stereocenters. The zero-order chi connectivity index (χ0) is 15.2. The average Bonchev–Trinajstić information content (AvgIpc) is 2.45. The van der Waals surface area contributed by atoms with Crippen LogP contribution >= 0.6 is 12.2 Å². The highest BCUT2D eigenvalue weighted by Gasteiger charge is 2.27. The van der Waals surface area contributed by atoms with E-state index in [1.807, 2.05) is 49.4 Å². The summed E-state index contributed by atoms with van der Waals surface area (Å²) in [5.74, 6) is -0.333. The van der Waals surface area contributed by atoms with Crippen molar-refractivity contribution < 1.29 is 9.53 Å². The second-order valence-corrected chi connectivity index (χ2v) is 5.01. The lowest BCUT2D eigenvalue weighted by Crippen LogP contribution is -2.48. The van der Waals surface area contributed by atoms with Gasteiger partial charge in [0.05, 0.1) is 18.2 Å². The Kier molecular flexibility index (Phi) is 5.11. The van der Waals surface area contributed by atoms with E-state index in [1.54, 1.807) is 6.92 Å². The van der Waals surface area contributed by atoms with E-state index in [-0.39, 0.29) is 12.0 Å². The van der Waals surface area contributed by atoms with E-state index in [4.69, 9.17) is 17.0 Å². The van der Waals surface area contributed by atoms with Gasteiger partial charge in [-0.3, -0.25) is 0 Å². The van der Waals surface area contributed by atoms with Gasteiger partial charge >= 0.3 is 5.97 Å². The van der Waals surface area contributed by atoms with Gasteiger partial charge in [0.25, 0.3) is 0 Å². The molecule has 0 aromatic heterocycles. The van der Waals surface area contributed by atoms with Crippen LogP contribution in [0.3, 0.4) is 0 Å². The summed E-state index contributed by atoms with van der Waals surface area (Å²) in [5.41, 5.74) is 2.34. The lowest BCUT2D eigenvalue weighted by molar-refractivity contribution is -0.138. The number of rotatable bonds is 4. The lowest BCUT2D eigenvalue weighted by atomic mass is 10.0. The quantitative estimate of drug-likeness (QED) is 0.660. The third-order valence-corrected chi connectivity index (χ3v) is 3.30. The Labute approximate surface area is 129 Å². The van der Waals surface area contributed by atoms with E-state index < -0.39 is 0 Å². The maximum absolute atomic E-state index is 12.1. The maximum Gasteiger partial charge on any atom is 0.338 e. The zero-order valence-corrected chi connectivity index (χ0v) is 12.9. The Bertz CT molecular complexity index is 594. The van der Waals surface area contributed by atoms with Gasteiger partial charge < -0.3 is 15.4 Å². The number of ether oxygens (including phenoxy) is 1. The van der Waals surface area contributed by atoms with Gasteiger partial charge in [-0.05, 0) is 31.6 Å². The van der Waals surface area contributed by atoms with Crippen molar-refractivity contribution in [2.24, 2.45) is 0 Å². The Morgan fingerprint density at radius 2 is 2.10 bits per heavy atom. The number of carbonyl (C=O) groups is 1. The topological polar surface area (TPSA) is 50.4 Å². The highest BCUT2D eigenvalue weighted by Crippen LogP contribution is 2.16. The van der Waals surface area contributed by atoms with E-state index in [0.717, 1.165) is 11.3 Å². The number of hydrogen-bond donors (Lipinski definition) is 2. The summed E-state index contributed by atoms with van der Waals surface area (Å²) in [6.07, 6.45) is 3.87. The second kappa shape index (κ2) is 7.04. The van der Waals surface area contributed by atoms with Crippen molar-refractivity contribution in [3.8, 4) is 0 Å². The van der Waals surface area contributed by atoms with Gasteiger partial charge in [0.2, 0.25) is 0 Å². The van der Waals surface area contributed by atoms with Crippen molar-refractivity contribution in [3.63, 3.8) is 0 Å². The number of nitrogens with one attached hydrogen (secondary N) is 2. The predicted molar refractivity (Wildman–Crippen MR) is 87.5 cm³/mol. The highest BCUT2D eigenvalue weighted by atomic mass is 32.1. The fourth-order valence-corrected chi connectivity index (χ4v) is 2.41. The molecule has 0 unspecified atom stereocenters. The minimum atomic E-state index is -0.333. The fourth-order valence-electron chi connectivity index (χ4n) is 2.13. The lowest BCUT2D eigenvalue weighted by Gasteiger charge is -2.27. The first-order valence-corrected chi connectivity index (χ1v) is 7.21. The molecule has 1 aliphatic rings. The van der Waals surface area contributed by atoms with Gasteiger partial charge in [-0.15, -0.1) is 0 Å². The summed E-state index contributed by atoms with van der Waals surface area (Å²) in [6, 6.07) is 9.59. The molecule has 1 aromatic rings. The van der Waals surface area contributed by atoms with E-state index in [9.17, 15) is 4.79 Å². The van der Waals surface area contributed by atoms with Gasteiger partial charge in [-0.2, -0.15) is 0 Å². The van der Waals surface area contributed by atoms with Crippen LogP contribution in [0.15, 0.2) is 47.7 Å². The van der Waals surface area contributed by atoms with Gasteiger partial charge in [0.1, 0.15) is 0 Å². The number of esters is 1. The fraction of sp³-hybridized carbons (Fsp3) is 0.250. The van der Waals surface area contributed by atoms with E-state index >= 15 is 0 Å². The number of allylic oxidation sites excluding steroid dienone is 1. The molecule has 4 nitrogen and oxygen atoms in total. The third kappa shape index (κ3) is 3.92. The van der Waals surface area contributed by atoms with Gasteiger partial charge in [-0.1, -0.05) is 42.5 Å². The number of hydrogen-bond acceptors (Lipinski definition) is 3. The summed E-state index contributed by atoms with van der Waals surface area (Å²) >= 11 is 5.15. The molecule has 0 saturated carbocycles. The van der Waals surface area contributed by atoms with Gasteiger partial charge in [-0.25, -0.2) is 4.79 Å². The van der Waals surface area contributed by atoms with Crippen molar-refractivity contribution in [1.29, 1.82) is 0 Å². The molecule has 0 bridgehead atoms. The number of thiocarbonyl (C=S) groups is 1. The monoisotopic (exact) mass is 302 g/mol. The summed E-state index contributed by atoms with van der Waals surface area (Å²) in [6.45, 7) is 3.95. The highest BCUT2D eigenvalue weighted by molar-refractivity contribution is 7.80. The molecule has 0 aliphatic carbocycles. The molecule has 2 N–H and O–H groups in total. The van der Waals surface area contributed by atoms with Crippen LogP contribution in [0, 0.1) is 0 Å². The Balaban J connectivity index is 2.26.